The van der Waals surface area contributed by atoms with Gasteiger partial charge in [-0.05, 0) is 31.0 Å². The number of benzene rings is 2. The Labute approximate surface area is 169 Å². The van der Waals surface area contributed by atoms with Gasteiger partial charge in [0.15, 0.2) is 0 Å². The van der Waals surface area contributed by atoms with Gasteiger partial charge in [-0.1, -0.05) is 51.4 Å². The molecular weight excluding hydrogens is 427 g/mol. The van der Waals surface area contributed by atoms with Crippen LogP contribution in [0.5, 0.6) is 0 Å². The highest BCUT2D eigenvalue weighted by Crippen LogP contribution is 2.29. The van der Waals surface area contributed by atoms with Crippen LogP contribution in [0.15, 0.2) is 57.5 Å². The van der Waals surface area contributed by atoms with Crippen LogP contribution in [0, 0.1) is 5.82 Å². The molecule has 0 aliphatic carbocycles. The third kappa shape index (κ3) is 4.06. The van der Waals surface area contributed by atoms with Crippen molar-refractivity contribution in [1.29, 1.82) is 0 Å². The number of amides is 2. The second-order valence-electron chi connectivity index (χ2n) is 6.64. The van der Waals surface area contributed by atoms with E-state index in [-0.39, 0.29) is 17.6 Å². The molecule has 2 aromatic carbocycles. The summed E-state index contributed by atoms with van der Waals surface area (Å²) >= 11 is 3.20. The third-order valence-electron chi connectivity index (χ3n) is 4.78. The number of carbonyl (C=O) groups excluding carboxylic acids is 1. The molecule has 0 bridgehead atoms. The van der Waals surface area contributed by atoms with Crippen molar-refractivity contribution < 1.29 is 13.7 Å². The molecule has 2 amide bonds. The van der Waals surface area contributed by atoms with Crippen molar-refractivity contribution in [2.45, 2.75) is 18.8 Å². The van der Waals surface area contributed by atoms with Gasteiger partial charge in [0.25, 0.3) is 0 Å². The molecule has 6 nitrogen and oxygen atoms in total. The number of likely N-dealkylation sites (tertiary alicyclic amines) is 1. The molecule has 1 aromatic heterocycles. The third-order valence-corrected chi connectivity index (χ3v) is 5.27. The van der Waals surface area contributed by atoms with Crippen molar-refractivity contribution >= 4 is 27.6 Å². The largest absolute Gasteiger partial charge is 0.339 e. The summed E-state index contributed by atoms with van der Waals surface area (Å²) in [5, 5.41) is 6.69. The van der Waals surface area contributed by atoms with Crippen LogP contribution in [-0.4, -0.2) is 34.2 Å². The van der Waals surface area contributed by atoms with E-state index in [1.165, 1.54) is 12.1 Å². The minimum absolute atomic E-state index is 0.110. The van der Waals surface area contributed by atoms with Crippen LogP contribution in [-0.2, 0) is 0 Å². The summed E-state index contributed by atoms with van der Waals surface area (Å²) in [5.41, 5.74) is 1.07. The molecule has 0 radical (unpaired) electrons. The maximum Gasteiger partial charge on any atom is 0.321 e. The molecule has 1 saturated heterocycles. The summed E-state index contributed by atoms with van der Waals surface area (Å²) in [6.07, 6.45) is 1.43. The highest BCUT2D eigenvalue weighted by Gasteiger charge is 2.28. The number of carbonyl (C=O) groups is 1. The number of nitrogens with zero attached hydrogens (tertiary/aromatic N) is 3. The Morgan fingerprint density at radius 1 is 1.18 bits per heavy atom. The van der Waals surface area contributed by atoms with Crippen LogP contribution in [0.2, 0.25) is 0 Å². The van der Waals surface area contributed by atoms with Crippen molar-refractivity contribution in [3.63, 3.8) is 0 Å². The van der Waals surface area contributed by atoms with Crippen LogP contribution >= 0.6 is 15.9 Å². The molecule has 1 aliphatic heterocycles. The van der Waals surface area contributed by atoms with Gasteiger partial charge >= 0.3 is 6.03 Å². The van der Waals surface area contributed by atoms with E-state index < -0.39 is 5.82 Å². The summed E-state index contributed by atoms with van der Waals surface area (Å²) in [5.74, 6) is 0.801. The molecule has 8 heteroatoms. The zero-order chi connectivity index (χ0) is 19.5. The van der Waals surface area contributed by atoms with Crippen LogP contribution in [0.3, 0.4) is 0 Å². The fourth-order valence-corrected chi connectivity index (χ4v) is 3.55. The standard InChI is InChI=1S/C20H18BrFN4O2/c21-15-6-7-17(16(22)12-15)23-20(27)26-10-8-14(9-11-26)19-24-18(25-28-19)13-4-2-1-3-5-13/h1-7,12,14H,8-11H2,(H,23,27). The lowest BCUT2D eigenvalue weighted by Crippen LogP contribution is -2.40. The van der Waals surface area contributed by atoms with E-state index in [1.54, 1.807) is 11.0 Å². The predicted octanol–water partition coefficient (Wildman–Crippen LogP) is 5.05. The number of urea groups is 1. The first kappa shape index (κ1) is 18.6. The molecule has 28 heavy (non-hydrogen) atoms. The van der Waals surface area contributed by atoms with Gasteiger partial charge in [0.2, 0.25) is 11.7 Å². The zero-order valence-corrected chi connectivity index (χ0v) is 16.5. The summed E-state index contributed by atoms with van der Waals surface area (Å²) in [6.45, 7) is 1.08. The minimum atomic E-state index is -0.475. The van der Waals surface area contributed by atoms with Crippen molar-refractivity contribution in [3.05, 3.63) is 64.7 Å². The second-order valence-corrected chi connectivity index (χ2v) is 7.55. The molecule has 1 N–H and O–H groups in total. The lowest BCUT2D eigenvalue weighted by molar-refractivity contribution is 0.187. The number of hydrogen-bond acceptors (Lipinski definition) is 4. The molecule has 3 aromatic rings. The Morgan fingerprint density at radius 2 is 1.93 bits per heavy atom. The summed E-state index contributed by atoms with van der Waals surface area (Å²) < 4.78 is 20.0. The van der Waals surface area contributed by atoms with Gasteiger partial charge in [-0.3, -0.25) is 0 Å². The summed E-state index contributed by atoms with van der Waals surface area (Å²) in [4.78, 5) is 18.6. The topological polar surface area (TPSA) is 71.3 Å². The quantitative estimate of drug-likeness (QED) is 0.613. The Bertz CT molecular complexity index is 971. The molecule has 1 fully saturated rings. The summed E-state index contributed by atoms with van der Waals surface area (Å²) in [7, 11) is 0. The Balaban J connectivity index is 1.35. The second kappa shape index (κ2) is 8.10. The van der Waals surface area contributed by atoms with Gasteiger partial charge in [-0.15, -0.1) is 0 Å². The average Bonchev–Trinajstić information content (AvgIpc) is 3.21. The van der Waals surface area contributed by atoms with E-state index in [4.69, 9.17) is 4.52 Å². The molecule has 0 unspecified atom stereocenters. The van der Waals surface area contributed by atoms with Crippen molar-refractivity contribution in [2.24, 2.45) is 0 Å². The van der Waals surface area contributed by atoms with E-state index >= 15 is 0 Å². The fraction of sp³-hybridized carbons (Fsp3) is 0.250. The first-order valence-electron chi connectivity index (χ1n) is 9.00. The maximum absolute atomic E-state index is 13.9. The van der Waals surface area contributed by atoms with E-state index in [9.17, 15) is 9.18 Å². The molecule has 0 atom stereocenters. The van der Waals surface area contributed by atoms with Crippen molar-refractivity contribution in [3.8, 4) is 11.4 Å². The molecule has 0 saturated carbocycles. The first-order valence-corrected chi connectivity index (χ1v) is 9.79. The Hall–Kier alpha value is -2.74. The Morgan fingerprint density at radius 3 is 2.64 bits per heavy atom. The molecule has 2 heterocycles. The lowest BCUT2D eigenvalue weighted by Gasteiger charge is -2.30. The van der Waals surface area contributed by atoms with Crippen LogP contribution in [0.4, 0.5) is 14.9 Å². The van der Waals surface area contributed by atoms with E-state index in [1.807, 2.05) is 30.3 Å². The van der Waals surface area contributed by atoms with Crippen molar-refractivity contribution in [2.75, 3.05) is 18.4 Å². The molecule has 0 spiro atoms. The average molecular weight is 445 g/mol. The molecule has 1 aliphatic rings. The SMILES string of the molecule is O=C(Nc1ccc(Br)cc1F)N1CCC(c2nc(-c3ccccc3)no2)CC1. The molecule has 4 rings (SSSR count). The van der Waals surface area contributed by atoms with E-state index in [0.717, 1.165) is 5.56 Å². The highest BCUT2D eigenvalue weighted by atomic mass is 79.9. The molecule has 144 valence electrons. The van der Waals surface area contributed by atoms with Gasteiger partial charge in [-0.2, -0.15) is 4.98 Å². The number of nitrogens with one attached hydrogen (secondary N) is 1. The van der Waals surface area contributed by atoms with Crippen LogP contribution in [0.25, 0.3) is 11.4 Å². The van der Waals surface area contributed by atoms with Gasteiger partial charge < -0.3 is 14.7 Å². The van der Waals surface area contributed by atoms with E-state index in [0.29, 0.717) is 42.1 Å². The lowest BCUT2D eigenvalue weighted by atomic mass is 9.97. The van der Waals surface area contributed by atoms with Crippen LogP contribution < -0.4 is 5.32 Å². The predicted molar refractivity (Wildman–Crippen MR) is 106 cm³/mol. The summed E-state index contributed by atoms with van der Waals surface area (Å²) in [6, 6.07) is 13.9. The van der Waals surface area contributed by atoms with Gasteiger partial charge in [0.1, 0.15) is 5.82 Å². The smallest absolute Gasteiger partial charge is 0.321 e. The normalized spacial score (nSPS) is 14.9. The molecular formula is C20H18BrFN4O2. The number of piperidine rings is 1. The fourth-order valence-electron chi connectivity index (χ4n) is 3.22. The monoisotopic (exact) mass is 444 g/mol. The minimum Gasteiger partial charge on any atom is -0.339 e. The number of aromatic nitrogens is 2. The van der Waals surface area contributed by atoms with Gasteiger partial charge in [0, 0.05) is 29.0 Å². The zero-order valence-electron chi connectivity index (χ0n) is 14.9. The van der Waals surface area contributed by atoms with E-state index in [2.05, 4.69) is 31.4 Å². The van der Waals surface area contributed by atoms with Gasteiger partial charge in [0.05, 0.1) is 5.69 Å². The van der Waals surface area contributed by atoms with Crippen LogP contribution in [0.1, 0.15) is 24.7 Å². The van der Waals surface area contributed by atoms with Crippen molar-refractivity contribution in [1.82, 2.24) is 15.0 Å². The number of rotatable bonds is 3. The maximum atomic E-state index is 13.9. The Kier molecular flexibility index (Phi) is 5.38. The highest BCUT2D eigenvalue weighted by molar-refractivity contribution is 9.10. The number of anilines is 1. The number of hydrogen-bond donors (Lipinski definition) is 1. The van der Waals surface area contributed by atoms with Gasteiger partial charge in [-0.25, -0.2) is 9.18 Å². The number of halogens is 2. The first-order chi connectivity index (χ1) is 13.6.